The molecule has 21 heavy (non-hydrogen) atoms. The van der Waals surface area contributed by atoms with Gasteiger partial charge in [-0.15, -0.1) is 0 Å². The van der Waals surface area contributed by atoms with E-state index in [0.717, 1.165) is 0 Å². The maximum atomic E-state index is 14.2. The highest BCUT2D eigenvalue weighted by atomic mass is 79.9. The van der Waals surface area contributed by atoms with Crippen LogP contribution in [0.25, 0.3) is 0 Å². The molecule has 0 fully saturated rings. The van der Waals surface area contributed by atoms with Gasteiger partial charge in [0.1, 0.15) is 5.82 Å². The molecule has 0 saturated heterocycles. The zero-order valence-electron chi connectivity index (χ0n) is 11.8. The van der Waals surface area contributed by atoms with Crippen LogP contribution in [-0.4, -0.2) is 13.7 Å². The normalized spacial score (nSPS) is 12.2. The number of ether oxygens (including phenoxy) is 1. The molecule has 0 heterocycles. The lowest BCUT2D eigenvalue weighted by atomic mass is 9.98. The van der Waals surface area contributed by atoms with Crippen LogP contribution in [-0.2, 0) is 0 Å². The molecule has 0 spiro atoms. The average molecular weight is 356 g/mol. The second-order valence-corrected chi connectivity index (χ2v) is 5.47. The minimum Gasteiger partial charge on any atom is -0.494 e. The Kier molecular flexibility index (Phi) is 5.31. The van der Waals surface area contributed by atoms with Gasteiger partial charge >= 0.3 is 0 Å². The number of rotatable bonds is 5. The largest absolute Gasteiger partial charge is 0.494 e. The van der Waals surface area contributed by atoms with E-state index < -0.39 is 11.9 Å². The minimum atomic E-state index is -0.463. The fourth-order valence-corrected chi connectivity index (χ4v) is 2.54. The molecule has 0 saturated carbocycles. The first-order valence-corrected chi connectivity index (χ1v) is 7.38. The fourth-order valence-electron chi connectivity index (χ4n) is 2.21. The van der Waals surface area contributed by atoms with Gasteiger partial charge in [-0.2, -0.15) is 0 Å². The molecule has 0 amide bonds. The minimum absolute atomic E-state index is 0.172. The molecule has 2 nitrogen and oxygen atoms in total. The van der Waals surface area contributed by atoms with Crippen LogP contribution in [0.15, 0.2) is 40.9 Å². The Morgan fingerprint density at radius 2 is 1.90 bits per heavy atom. The third kappa shape index (κ3) is 3.60. The van der Waals surface area contributed by atoms with Gasteiger partial charge in [0.05, 0.1) is 13.2 Å². The van der Waals surface area contributed by atoms with Crippen LogP contribution in [0.2, 0.25) is 0 Å². The van der Waals surface area contributed by atoms with Gasteiger partial charge in [-0.05, 0) is 36.4 Å². The van der Waals surface area contributed by atoms with E-state index in [-0.39, 0.29) is 11.6 Å². The van der Waals surface area contributed by atoms with Crippen molar-refractivity contribution >= 4 is 15.9 Å². The lowest BCUT2D eigenvalue weighted by molar-refractivity contribution is 0.385. The number of methoxy groups -OCH3 is 1. The molecule has 1 atom stereocenters. The predicted octanol–water partition coefficient (Wildman–Crippen LogP) is 4.43. The van der Waals surface area contributed by atoms with Crippen molar-refractivity contribution in [1.82, 2.24) is 5.32 Å². The Hall–Kier alpha value is -1.46. The summed E-state index contributed by atoms with van der Waals surface area (Å²) < 4.78 is 33.6. The Labute approximate surface area is 131 Å². The number of hydrogen-bond donors (Lipinski definition) is 1. The van der Waals surface area contributed by atoms with Crippen molar-refractivity contribution in [2.24, 2.45) is 0 Å². The molecule has 1 N–H and O–H groups in total. The van der Waals surface area contributed by atoms with E-state index in [2.05, 4.69) is 21.2 Å². The summed E-state index contributed by atoms with van der Waals surface area (Å²) in [6.45, 7) is 2.55. The van der Waals surface area contributed by atoms with Gasteiger partial charge in [0.25, 0.3) is 0 Å². The number of hydrogen-bond acceptors (Lipinski definition) is 2. The lowest BCUT2D eigenvalue weighted by Crippen LogP contribution is -2.23. The fraction of sp³-hybridized carbons (Fsp3) is 0.250. The number of benzene rings is 2. The van der Waals surface area contributed by atoms with Crippen LogP contribution in [0.3, 0.4) is 0 Å². The number of halogens is 3. The van der Waals surface area contributed by atoms with Crippen LogP contribution >= 0.6 is 15.9 Å². The molecule has 0 bridgehead atoms. The maximum absolute atomic E-state index is 14.2. The Morgan fingerprint density at radius 3 is 2.48 bits per heavy atom. The lowest BCUT2D eigenvalue weighted by Gasteiger charge is -2.20. The van der Waals surface area contributed by atoms with Gasteiger partial charge in [-0.1, -0.05) is 35.0 Å². The molecular weight excluding hydrogens is 340 g/mol. The first-order chi connectivity index (χ1) is 10.1. The zero-order valence-corrected chi connectivity index (χ0v) is 13.4. The highest BCUT2D eigenvalue weighted by Crippen LogP contribution is 2.29. The molecule has 0 aliphatic carbocycles. The maximum Gasteiger partial charge on any atom is 0.165 e. The van der Waals surface area contributed by atoms with Crippen molar-refractivity contribution in [2.45, 2.75) is 13.0 Å². The third-order valence-corrected chi connectivity index (χ3v) is 3.68. The predicted molar refractivity (Wildman–Crippen MR) is 82.6 cm³/mol. The molecule has 0 aliphatic heterocycles. The van der Waals surface area contributed by atoms with Crippen LogP contribution in [0, 0.1) is 11.6 Å². The first kappa shape index (κ1) is 15.9. The molecule has 0 aliphatic rings. The highest BCUT2D eigenvalue weighted by Gasteiger charge is 2.18. The average Bonchev–Trinajstić information content (AvgIpc) is 2.45. The summed E-state index contributed by atoms with van der Waals surface area (Å²) in [7, 11) is 1.41. The monoisotopic (exact) mass is 355 g/mol. The van der Waals surface area contributed by atoms with Crippen molar-refractivity contribution in [1.29, 1.82) is 0 Å². The van der Waals surface area contributed by atoms with E-state index in [1.54, 1.807) is 24.3 Å². The molecule has 5 heteroatoms. The van der Waals surface area contributed by atoms with Crippen molar-refractivity contribution in [3.63, 3.8) is 0 Å². The number of nitrogens with one attached hydrogen (secondary N) is 1. The Bertz CT molecular complexity index is 634. The standard InChI is InChI=1S/C16H16BrF2NO/c1-3-20-16(12-6-5-11(17)9-13(12)18)10-4-7-15(21-2)14(19)8-10/h4-9,16,20H,3H2,1-2H3. The van der Waals surface area contributed by atoms with Crippen molar-refractivity contribution < 1.29 is 13.5 Å². The molecule has 0 radical (unpaired) electrons. The van der Waals surface area contributed by atoms with Gasteiger partial charge in [-0.3, -0.25) is 0 Å². The second-order valence-electron chi connectivity index (χ2n) is 4.55. The van der Waals surface area contributed by atoms with Gasteiger partial charge in [0, 0.05) is 10.0 Å². The Balaban J connectivity index is 2.45. The van der Waals surface area contributed by atoms with Crippen LogP contribution < -0.4 is 10.1 Å². The SMILES string of the molecule is CCNC(c1ccc(OC)c(F)c1)c1ccc(Br)cc1F. The topological polar surface area (TPSA) is 21.3 Å². The smallest absolute Gasteiger partial charge is 0.165 e. The second kappa shape index (κ2) is 7.00. The van der Waals surface area contributed by atoms with Crippen LogP contribution in [0.1, 0.15) is 24.1 Å². The molecule has 1 unspecified atom stereocenters. The van der Waals surface area contributed by atoms with Gasteiger partial charge in [0.15, 0.2) is 11.6 Å². The summed E-state index contributed by atoms with van der Waals surface area (Å²) in [6.07, 6.45) is 0. The van der Waals surface area contributed by atoms with Gasteiger partial charge < -0.3 is 10.1 Å². The summed E-state index contributed by atoms with van der Waals surface area (Å²) in [5.41, 5.74) is 1.13. The van der Waals surface area contributed by atoms with E-state index in [9.17, 15) is 8.78 Å². The van der Waals surface area contributed by atoms with E-state index in [1.807, 2.05) is 6.92 Å². The molecule has 2 aromatic rings. The van der Waals surface area contributed by atoms with Gasteiger partial charge in [0.2, 0.25) is 0 Å². The van der Waals surface area contributed by atoms with E-state index in [0.29, 0.717) is 22.1 Å². The summed E-state index contributed by atoms with van der Waals surface area (Å²) in [6, 6.07) is 9.09. The van der Waals surface area contributed by atoms with Crippen molar-refractivity contribution in [2.75, 3.05) is 13.7 Å². The summed E-state index contributed by atoms with van der Waals surface area (Å²) in [5.74, 6) is -0.632. The summed E-state index contributed by atoms with van der Waals surface area (Å²) in [4.78, 5) is 0. The molecular formula is C16H16BrF2NO. The Morgan fingerprint density at radius 1 is 1.14 bits per heavy atom. The zero-order chi connectivity index (χ0) is 15.4. The highest BCUT2D eigenvalue weighted by molar-refractivity contribution is 9.10. The van der Waals surface area contributed by atoms with E-state index >= 15 is 0 Å². The van der Waals surface area contributed by atoms with Crippen LogP contribution in [0.5, 0.6) is 5.75 Å². The molecule has 2 rings (SSSR count). The first-order valence-electron chi connectivity index (χ1n) is 6.58. The summed E-state index contributed by atoms with van der Waals surface area (Å²) in [5, 5.41) is 3.18. The third-order valence-electron chi connectivity index (χ3n) is 3.19. The van der Waals surface area contributed by atoms with Crippen molar-refractivity contribution in [3.05, 3.63) is 63.6 Å². The van der Waals surface area contributed by atoms with Crippen molar-refractivity contribution in [3.8, 4) is 5.75 Å². The molecule has 0 aromatic heterocycles. The van der Waals surface area contributed by atoms with E-state index in [4.69, 9.17) is 4.74 Å². The summed E-state index contributed by atoms with van der Waals surface area (Å²) >= 11 is 3.23. The molecule has 112 valence electrons. The quantitative estimate of drug-likeness (QED) is 0.856. The van der Waals surface area contributed by atoms with Crippen LogP contribution in [0.4, 0.5) is 8.78 Å². The van der Waals surface area contributed by atoms with Gasteiger partial charge in [-0.25, -0.2) is 8.78 Å². The molecule has 2 aromatic carbocycles. The van der Waals surface area contributed by atoms with E-state index in [1.165, 1.54) is 19.2 Å².